The average Bonchev–Trinajstić information content (AvgIpc) is 2.32. The number of hydrogen-bond acceptors (Lipinski definition) is 3. The highest BCUT2D eigenvalue weighted by Crippen LogP contribution is 2.11. The van der Waals surface area contributed by atoms with E-state index in [1.807, 2.05) is 0 Å². The van der Waals surface area contributed by atoms with Crippen molar-refractivity contribution in [1.82, 2.24) is 5.32 Å². The van der Waals surface area contributed by atoms with E-state index in [-0.39, 0.29) is 5.56 Å². The molecular weight excluding hydrogens is 239 g/mol. The summed E-state index contributed by atoms with van der Waals surface area (Å²) in [5.41, 5.74) is 5.81. The lowest BCUT2D eigenvalue weighted by Crippen LogP contribution is -2.26. The lowest BCUT2D eigenvalue weighted by molar-refractivity contribution is 0.0952. The quantitative estimate of drug-likeness (QED) is 0.474. The van der Waals surface area contributed by atoms with Crippen LogP contribution in [0.3, 0.4) is 0 Å². The van der Waals surface area contributed by atoms with E-state index in [1.165, 1.54) is 30.0 Å². The molecule has 0 saturated heterocycles. The Morgan fingerprint density at radius 1 is 1.59 bits per heavy atom. The van der Waals surface area contributed by atoms with Crippen LogP contribution in [0.5, 0.6) is 0 Å². The molecular formula is C12H13FN2OS. The molecule has 0 aliphatic rings. The monoisotopic (exact) mass is 252 g/mol. The van der Waals surface area contributed by atoms with E-state index in [0.29, 0.717) is 23.7 Å². The van der Waals surface area contributed by atoms with Crippen molar-refractivity contribution in [3.63, 3.8) is 0 Å². The molecule has 3 N–H and O–H groups in total. The Labute approximate surface area is 104 Å². The first kappa shape index (κ1) is 13.4. The predicted octanol–water partition coefficient (Wildman–Crippen LogP) is 1.50. The minimum absolute atomic E-state index is 0.0352. The van der Waals surface area contributed by atoms with Gasteiger partial charge in [0.2, 0.25) is 0 Å². The first-order valence-electron chi connectivity index (χ1n) is 4.99. The van der Waals surface area contributed by atoms with Gasteiger partial charge in [-0.1, -0.05) is 5.92 Å². The lowest BCUT2D eigenvalue weighted by atomic mass is 10.2. The number of carbonyl (C=O) groups is 1. The number of anilines is 1. The van der Waals surface area contributed by atoms with Crippen LogP contribution in [-0.2, 0) is 0 Å². The van der Waals surface area contributed by atoms with E-state index in [0.717, 1.165) is 0 Å². The number of carbonyl (C=O) groups excluding carboxylic acids is 1. The first-order valence-corrected chi connectivity index (χ1v) is 6.15. The van der Waals surface area contributed by atoms with Crippen molar-refractivity contribution >= 4 is 23.4 Å². The second-order valence-electron chi connectivity index (χ2n) is 3.25. The molecule has 17 heavy (non-hydrogen) atoms. The maximum Gasteiger partial charge on any atom is 0.254 e. The van der Waals surface area contributed by atoms with Gasteiger partial charge < -0.3 is 11.1 Å². The number of nitrogens with two attached hydrogens (primary N) is 1. The largest absolute Gasteiger partial charge is 0.399 e. The van der Waals surface area contributed by atoms with Gasteiger partial charge in [-0.05, 0) is 18.2 Å². The summed E-state index contributed by atoms with van der Waals surface area (Å²) in [4.78, 5) is 11.6. The maximum absolute atomic E-state index is 13.3. The highest BCUT2D eigenvalue weighted by molar-refractivity contribution is 7.99. The zero-order valence-corrected chi connectivity index (χ0v) is 10.0. The van der Waals surface area contributed by atoms with Crippen LogP contribution in [-0.4, -0.2) is 24.0 Å². The predicted molar refractivity (Wildman–Crippen MR) is 69.3 cm³/mol. The van der Waals surface area contributed by atoms with Crippen molar-refractivity contribution in [2.45, 2.75) is 0 Å². The van der Waals surface area contributed by atoms with Gasteiger partial charge in [0.15, 0.2) is 0 Å². The van der Waals surface area contributed by atoms with Crippen molar-refractivity contribution in [1.29, 1.82) is 0 Å². The fourth-order valence-corrected chi connectivity index (χ4v) is 1.69. The van der Waals surface area contributed by atoms with Crippen molar-refractivity contribution < 1.29 is 9.18 Å². The summed E-state index contributed by atoms with van der Waals surface area (Å²) in [7, 11) is 0. The van der Waals surface area contributed by atoms with Crippen LogP contribution in [0.15, 0.2) is 18.2 Å². The molecule has 0 bridgehead atoms. The summed E-state index contributed by atoms with van der Waals surface area (Å²) >= 11 is 1.53. The first-order chi connectivity index (χ1) is 8.15. The molecule has 5 heteroatoms. The SMILES string of the molecule is C#CCSCCNC(=O)c1cc(N)ccc1F. The Morgan fingerprint density at radius 3 is 3.06 bits per heavy atom. The normalized spacial score (nSPS) is 9.65. The number of halogens is 1. The van der Waals surface area contributed by atoms with Crippen LogP contribution in [0.4, 0.5) is 10.1 Å². The van der Waals surface area contributed by atoms with Crippen LogP contribution >= 0.6 is 11.8 Å². The van der Waals surface area contributed by atoms with Gasteiger partial charge in [0.05, 0.1) is 11.3 Å². The molecule has 1 aromatic rings. The van der Waals surface area contributed by atoms with E-state index in [4.69, 9.17) is 12.2 Å². The van der Waals surface area contributed by atoms with E-state index >= 15 is 0 Å². The Balaban J connectivity index is 2.47. The van der Waals surface area contributed by atoms with Crippen LogP contribution < -0.4 is 11.1 Å². The molecule has 1 aromatic carbocycles. The molecule has 0 aliphatic heterocycles. The molecule has 0 unspecified atom stereocenters. The second kappa shape index (κ2) is 6.81. The minimum atomic E-state index is -0.576. The van der Waals surface area contributed by atoms with Crippen molar-refractivity contribution in [3.05, 3.63) is 29.6 Å². The van der Waals surface area contributed by atoms with Crippen molar-refractivity contribution in [2.24, 2.45) is 0 Å². The molecule has 0 heterocycles. The van der Waals surface area contributed by atoms with Gasteiger partial charge >= 0.3 is 0 Å². The van der Waals surface area contributed by atoms with E-state index in [2.05, 4.69) is 11.2 Å². The van der Waals surface area contributed by atoms with E-state index in [1.54, 1.807) is 0 Å². The van der Waals surface area contributed by atoms with Crippen LogP contribution in [0.1, 0.15) is 10.4 Å². The lowest BCUT2D eigenvalue weighted by Gasteiger charge is -2.06. The van der Waals surface area contributed by atoms with Crippen LogP contribution in [0, 0.1) is 18.2 Å². The van der Waals surface area contributed by atoms with Crippen LogP contribution in [0.25, 0.3) is 0 Å². The Hall–Kier alpha value is -1.67. The van der Waals surface area contributed by atoms with Gasteiger partial charge in [0.1, 0.15) is 5.82 Å². The van der Waals surface area contributed by atoms with Gasteiger partial charge in [-0.25, -0.2) is 4.39 Å². The fraction of sp³-hybridized carbons (Fsp3) is 0.250. The Bertz CT molecular complexity index is 443. The van der Waals surface area contributed by atoms with Gasteiger partial charge in [-0.2, -0.15) is 0 Å². The molecule has 0 atom stereocenters. The number of terminal acetylenes is 1. The summed E-state index contributed by atoms with van der Waals surface area (Å²) in [6.45, 7) is 0.444. The fourth-order valence-electron chi connectivity index (χ4n) is 1.18. The zero-order valence-electron chi connectivity index (χ0n) is 9.20. The summed E-state index contributed by atoms with van der Waals surface area (Å²) < 4.78 is 13.3. The Kier molecular flexibility index (Phi) is 5.37. The molecule has 0 saturated carbocycles. The number of rotatable bonds is 5. The number of amides is 1. The number of nitrogens with one attached hydrogen (secondary N) is 1. The van der Waals surface area contributed by atoms with Gasteiger partial charge in [-0.3, -0.25) is 4.79 Å². The average molecular weight is 252 g/mol. The molecule has 0 aliphatic carbocycles. The zero-order chi connectivity index (χ0) is 12.7. The molecule has 1 rings (SSSR count). The van der Waals surface area contributed by atoms with E-state index in [9.17, 15) is 9.18 Å². The summed E-state index contributed by atoms with van der Waals surface area (Å²) in [6, 6.07) is 3.91. The molecule has 90 valence electrons. The molecule has 3 nitrogen and oxygen atoms in total. The molecule has 1 amide bonds. The van der Waals surface area contributed by atoms with Crippen molar-refractivity contribution in [3.8, 4) is 12.3 Å². The van der Waals surface area contributed by atoms with Gasteiger partial charge in [0.25, 0.3) is 5.91 Å². The van der Waals surface area contributed by atoms with Gasteiger partial charge in [-0.15, -0.1) is 18.2 Å². The number of thioether (sulfide) groups is 1. The van der Waals surface area contributed by atoms with E-state index < -0.39 is 11.7 Å². The molecule has 0 aromatic heterocycles. The second-order valence-corrected chi connectivity index (χ2v) is 4.36. The standard InChI is InChI=1S/C12H13FN2OS/c1-2-6-17-7-5-15-12(16)10-8-9(14)3-4-11(10)13/h1,3-4,8H,5-7,14H2,(H,15,16). The third-order valence-electron chi connectivity index (χ3n) is 1.95. The number of nitrogen functional groups attached to an aromatic ring is 1. The van der Waals surface area contributed by atoms with Crippen molar-refractivity contribution in [2.75, 3.05) is 23.8 Å². The third-order valence-corrected chi connectivity index (χ3v) is 2.82. The third kappa shape index (κ3) is 4.37. The van der Waals surface area contributed by atoms with Crippen LogP contribution in [0.2, 0.25) is 0 Å². The number of benzene rings is 1. The summed E-state index contributed by atoms with van der Waals surface area (Å²) in [6.07, 6.45) is 5.08. The summed E-state index contributed by atoms with van der Waals surface area (Å²) in [5.74, 6) is 2.73. The summed E-state index contributed by atoms with van der Waals surface area (Å²) in [5, 5.41) is 2.60. The number of hydrogen-bond donors (Lipinski definition) is 2. The highest BCUT2D eigenvalue weighted by atomic mass is 32.2. The highest BCUT2D eigenvalue weighted by Gasteiger charge is 2.10. The topological polar surface area (TPSA) is 55.1 Å². The minimum Gasteiger partial charge on any atom is -0.399 e. The smallest absolute Gasteiger partial charge is 0.254 e. The van der Waals surface area contributed by atoms with Gasteiger partial charge in [0, 0.05) is 18.0 Å². The molecule has 0 radical (unpaired) electrons. The molecule has 0 fully saturated rings. The molecule has 0 spiro atoms. The Morgan fingerprint density at radius 2 is 2.35 bits per heavy atom. The maximum atomic E-state index is 13.3.